The zero-order valence-corrected chi connectivity index (χ0v) is 14.8. The average Bonchev–Trinajstić information content (AvgIpc) is 2.96. The first-order chi connectivity index (χ1) is 12.8. The van der Waals surface area contributed by atoms with Crippen LogP contribution in [0.1, 0.15) is 36.9 Å². The summed E-state index contributed by atoms with van der Waals surface area (Å²) >= 11 is 0. The Hall–Kier alpha value is -2.88. The third kappa shape index (κ3) is 3.69. The summed E-state index contributed by atoms with van der Waals surface area (Å²) in [6, 6.07) is 16.1. The van der Waals surface area contributed by atoms with Gasteiger partial charge in [-0.2, -0.15) is 0 Å². The summed E-state index contributed by atoms with van der Waals surface area (Å²) < 4.78 is 0. The van der Waals surface area contributed by atoms with Crippen LogP contribution >= 0.6 is 0 Å². The molecule has 1 N–H and O–H groups in total. The van der Waals surface area contributed by atoms with Gasteiger partial charge in [-0.3, -0.25) is 4.79 Å². The molecule has 3 aromatic rings. The minimum atomic E-state index is -0.166. The van der Waals surface area contributed by atoms with E-state index >= 15 is 0 Å². The lowest BCUT2D eigenvalue weighted by molar-refractivity contribution is 0.726. The predicted molar refractivity (Wildman–Crippen MR) is 108 cm³/mol. The molecule has 4 heteroatoms. The van der Waals surface area contributed by atoms with Gasteiger partial charge in [-0.1, -0.05) is 43.2 Å². The summed E-state index contributed by atoms with van der Waals surface area (Å²) in [5, 5.41) is 0. The monoisotopic (exact) mass is 345 g/mol. The molecule has 0 aliphatic carbocycles. The Morgan fingerprint density at radius 2 is 1.62 bits per heavy atom. The van der Waals surface area contributed by atoms with Crippen LogP contribution in [-0.2, 0) is 0 Å². The molecule has 1 saturated heterocycles. The van der Waals surface area contributed by atoms with Gasteiger partial charge in [0, 0.05) is 18.8 Å². The third-order valence-electron chi connectivity index (χ3n) is 4.92. The largest absolute Gasteiger partial charge is 0.372 e. The topological polar surface area (TPSA) is 49.0 Å². The fourth-order valence-corrected chi connectivity index (χ4v) is 3.46. The number of aromatic nitrogens is 2. The molecule has 26 heavy (non-hydrogen) atoms. The second kappa shape index (κ2) is 7.56. The van der Waals surface area contributed by atoms with Crippen molar-refractivity contribution in [3.05, 3.63) is 70.1 Å². The van der Waals surface area contributed by atoms with Crippen molar-refractivity contribution in [3.63, 3.8) is 0 Å². The lowest BCUT2D eigenvalue weighted by Crippen LogP contribution is -2.23. The number of nitrogens with zero attached hydrogens (tertiary/aromatic N) is 2. The van der Waals surface area contributed by atoms with Crippen LogP contribution in [0.25, 0.3) is 23.2 Å². The first kappa shape index (κ1) is 16.6. The summed E-state index contributed by atoms with van der Waals surface area (Å²) in [7, 11) is 0. The zero-order chi connectivity index (χ0) is 17.8. The molecule has 0 atom stereocenters. The van der Waals surface area contributed by atoms with Crippen LogP contribution in [0, 0.1) is 0 Å². The predicted octanol–water partition coefficient (Wildman–Crippen LogP) is 4.47. The molecule has 0 radical (unpaired) electrons. The smallest absolute Gasteiger partial charge is 0.274 e. The number of hydrogen-bond acceptors (Lipinski definition) is 3. The number of nitrogens with one attached hydrogen (secondary N) is 1. The van der Waals surface area contributed by atoms with Gasteiger partial charge in [0.25, 0.3) is 5.56 Å². The molecule has 1 fully saturated rings. The summed E-state index contributed by atoms with van der Waals surface area (Å²) in [6.45, 7) is 2.29. The fourth-order valence-electron chi connectivity index (χ4n) is 3.46. The number of para-hydroxylation sites is 2. The Morgan fingerprint density at radius 1 is 0.885 bits per heavy atom. The van der Waals surface area contributed by atoms with Crippen LogP contribution in [0.4, 0.5) is 5.69 Å². The molecule has 1 aliphatic heterocycles. The van der Waals surface area contributed by atoms with Crippen molar-refractivity contribution in [3.8, 4) is 0 Å². The van der Waals surface area contributed by atoms with Gasteiger partial charge in [0.15, 0.2) is 0 Å². The zero-order valence-electron chi connectivity index (χ0n) is 14.8. The molecule has 2 aromatic carbocycles. The summed E-state index contributed by atoms with van der Waals surface area (Å²) in [5.41, 5.74) is 4.17. The van der Waals surface area contributed by atoms with E-state index in [0.29, 0.717) is 5.69 Å². The quantitative estimate of drug-likeness (QED) is 0.762. The Kier molecular flexibility index (Phi) is 4.82. The number of aromatic amines is 1. The fraction of sp³-hybridized carbons (Fsp3) is 0.273. The molecular weight excluding hydrogens is 322 g/mol. The van der Waals surface area contributed by atoms with Crippen molar-refractivity contribution in [2.45, 2.75) is 25.7 Å². The third-order valence-corrected chi connectivity index (χ3v) is 4.92. The first-order valence-electron chi connectivity index (χ1n) is 9.32. The Bertz CT molecular complexity index is 965. The van der Waals surface area contributed by atoms with Crippen LogP contribution in [0.2, 0.25) is 0 Å². The molecule has 4 rings (SSSR count). The average molecular weight is 345 g/mol. The molecule has 0 amide bonds. The van der Waals surface area contributed by atoms with Crippen LogP contribution in [0.3, 0.4) is 0 Å². The first-order valence-corrected chi connectivity index (χ1v) is 9.32. The van der Waals surface area contributed by atoms with Crippen LogP contribution in [0.15, 0.2) is 53.3 Å². The van der Waals surface area contributed by atoms with E-state index in [1.165, 1.54) is 31.4 Å². The van der Waals surface area contributed by atoms with E-state index in [4.69, 9.17) is 0 Å². The highest BCUT2D eigenvalue weighted by molar-refractivity contribution is 5.76. The molecular formula is C22H23N3O. The normalized spacial score (nSPS) is 15.5. The maximum atomic E-state index is 12.2. The van der Waals surface area contributed by atoms with Crippen molar-refractivity contribution in [1.82, 2.24) is 9.97 Å². The van der Waals surface area contributed by atoms with Gasteiger partial charge in [-0.15, -0.1) is 0 Å². The molecule has 132 valence electrons. The van der Waals surface area contributed by atoms with Crippen molar-refractivity contribution >= 4 is 28.9 Å². The van der Waals surface area contributed by atoms with Gasteiger partial charge in [0.2, 0.25) is 0 Å². The van der Waals surface area contributed by atoms with E-state index in [1.807, 2.05) is 30.3 Å². The Balaban J connectivity index is 1.53. The highest BCUT2D eigenvalue weighted by atomic mass is 16.1. The minimum Gasteiger partial charge on any atom is -0.372 e. The number of H-pyrrole nitrogens is 1. The molecule has 0 spiro atoms. The molecule has 1 aliphatic rings. The summed E-state index contributed by atoms with van der Waals surface area (Å²) in [5.74, 6) is 0. The number of hydrogen-bond donors (Lipinski definition) is 1. The Labute approximate surface area is 153 Å². The second-order valence-electron chi connectivity index (χ2n) is 6.79. The van der Waals surface area contributed by atoms with E-state index in [1.54, 1.807) is 6.08 Å². The molecule has 0 unspecified atom stereocenters. The lowest BCUT2D eigenvalue weighted by atomic mass is 10.1. The van der Waals surface area contributed by atoms with Gasteiger partial charge in [-0.25, -0.2) is 4.98 Å². The molecule has 1 aromatic heterocycles. The van der Waals surface area contributed by atoms with Gasteiger partial charge in [0.05, 0.1) is 11.0 Å². The van der Waals surface area contributed by atoms with Gasteiger partial charge < -0.3 is 9.88 Å². The van der Waals surface area contributed by atoms with Gasteiger partial charge in [0.1, 0.15) is 5.69 Å². The Morgan fingerprint density at radius 3 is 2.38 bits per heavy atom. The van der Waals surface area contributed by atoms with Crippen molar-refractivity contribution in [2.24, 2.45) is 0 Å². The lowest BCUT2D eigenvalue weighted by Gasteiger charge is -2.22. The maximum absolute atomic E-state index is 12.2. The number of rotatable bonds is 3. The molecule has 0 bridgehead atoms. The van der Waals surface area contributed by atoms with E-state index in [2.05, 4.69) is 39.1 Å². The van der Waals surface area contributed by atoms with Crippen LogP contribution < -0.4 is 10.5 Å². The van der Waals surface area contributed by atoms with Crippen molar-refractivity contribution in [2.75, 3.05) is 18.0 Å². The van der Waals surface area contributed by atoms with Crippen LogP contribution in [0.5, 0.6) is 0 Å². The van der Waals surface area contributed by atoms with Crippen molar-refractivity contribution in [1.29, 1.82) is 0 Å². The number of benzene rings is 2. The molecule has 0 saturated carbocycles. The minimum absolute atomic E-state index is 0.166. The maximum Gasteiger partial charge on any atom is 0.274 e. The van der Waals surface area contributed by atoms with Gasteiger partial charge in [-0.05, 0) is 48.7 Å². The van der Waals surface area contributed by atoms with Gasteiger partial charge >= 0.3 is 0 Å². The second-order valence-corrected chi connectivity index (χ2v) is 6.79. The van der Waals surface area contributed by atoms with E-state index in [9.17, 15) is 4.79 Å². The van der Waals surface area contributed by atoms with Crippen LogP contribution in [-0.4, -0.2) is 23.1 Å². The highest BCUT2D eigenvalue weighted by Crippen LogP contribution is 2.20. The summed E-state index contributed by atoms with van der Waals surface area (Å²) in [4.78, 5) is 22.0. The number of anilines is 1. The highest BCUT2D eigenvalue weighted by Gasteiger charge is 2.09. The SMILES string of the molecule is O=c1[nH]c2ccccc2nc1/C=C/c1ccc(N2CCCCCC2)cc1. The van der Waals surface area contributed by atoms with E-state index in [-0.39, 0.29) is 5.56 Å². The van der Waals surface area contributed by atoms with E-state index in [0.717, 1.165) is 29.7 Å². The molecule has 2 heterocycles. The number of fused-ring (bicyclic) bond motifs is 1. The standard InChI is InChI=1S/C22H23N3O/c26-22-21(23-19-7-3-4-8-20(19)24-22)14-11-17-9-12-18(13-10-17)25-15-5-1-2-6-16-25/h3-4,7-14H,1-2,5-6,15-16H2,(H,24,26)/b14-11+. The van der Waals surface area contributed by atoms with E-state index < -0.39 is 0 Å². The van der Waals surface area contributed by atoms with Crippen molar-refractivity contribution < 1.29 is 0 Å². The summed E-state index contributed by atoms with van der Waals surface area (Å²) in [6.07, 6.45) is 8.95. The molecule has 4 nitrogen and oxygen atoms in total.